The third-order valence-electron chi connectivity index (χ3n) is 3.90. The van der Waals surface area contributed by atoms with Gasteiger partial charge in [0.05, 0.1) is 23.7 Å². The topological polar surface area (TPSA) is 74.6 Å². The van der Waals surface area contributed by atoms with Crippen LogP contribution in [-0.4, -0.2) is 53.9 Å². The third-order valence-corrected chi connectivity index (χ3v) is 6.98. The second-order valence-electron chi connectivity index (χ2n) is 4.97. The molecule has 2 heterocycles. The van der Waals surface area contributed by atoms with Gasteiger partial charge in [-0.1, -0.05) is 0 Å². The van der Waals surface area contributed by atoms with E-state index >= 15 is 0 Å². The second kappa shape index (κ2) is 4.15. The molecule has 2 rings (SSSR count). The number of aliphatic hydroxyl groups excluding tert-OH is 1. The Balaban J connectivity index is 2.31. The predicted octanol–water partition coefficient (Wildman–Crippen LogP) is 0.0417. The van der Waals surface area contributed by atoms with Gasteiger partial charge in [0, 0.05) is 11.2 Å². The van der Waals surface area contributed by atoms with Crippen molar-refractivity contribution in [1.29, 1.82) is 0 Å². The summed E-state index contributed by atoms with van der Waals surface area (Å²) in [6, 6.07) is 0. The van der Waals surface area contributed by atoms with Crippen LogP contribution in [0.5, 0.6) is 0 Å². The second-order valence-corrected chi connectivity index (χ2v) is 8.26. The van der Waals surface area contributed by atoms with E-state index in [0.717, 1.165) is 5.75 Å². The van der Waals surface area contributed by atoms with Gasteiger partial charge in [-0.3, -0.25) is 0 Å². The van der Waals surface area contributed by atoms with Gasteiger partial charge in [-0.15, -0.1) is 0 Å². The molecule has 16 heavy (non-hydrogen) atoms. The zero-order valence-electron chi connectivity index (χ0n) is 9.18. The fraction of sp³-hybridized carbons (Fsp3) is 1.00. The lowest BCUT2D eigenvalue weighted by Gasteiger charge is -2.45. The maximum absolute atomic E-state index is 11.7. The molecule has 0 radical (unpaired) electrons. The van der Waals surface area contributed by atoms with Crippen LogP contribution in [0.3, 0.4) is 0 Å². The van der Waals surface area contributed by atoms with E-state index in [4.69, 9.17) is 0 Å². The highest BCUT2D eigenvalue weighted by molar-refractivity contribution is 7.99. The highest BCUT2D eigenvalue weighted by atomic mass is 32.2. The Hall–Kier alpha value is 0.220. The van der Waals surface area contributed by atoms with E-state index in [-0.39, 0.29) is 18.1 Å². The summed E-state index contributed by atoms with van der Waals surface area (Å²) < 4.78 is 23.4. The molecule has 0 bridgehead atoms. The maximum Gasteiger partial charge on any atom is 0.151 e. The molecule has 6 heteroatoms. The quantitative estimate of drug-likeness (QED) is 0.738. The summed E-state index contributed by atoms with van der Waals surface area (Å²) in [5, 5.41) is 20.1. The van der Waals surface area contributed by atoms with E-state index in [1.165, 1.54) is 0 Å². The van der Waals surface area contributed by atoms with Gasteiger partial charge in [0.15, 0.2) is 9.84 Å². The summed E-state index contributed by atoms with van der Waals surface area (Å²) >= 11 is 1.63. The number of hydrogen-bond donors (Lipinski definition) is 2. The molecule has 2 aliphatic rings. The van der Waals surface area contributed by atoms with E-state index < -0.39 is 20.9 Å². The van der Waals surface area contributed by atoms with Crippen LogP contribution < -0.4 is 0 Å². The van der Waals surface area contributed by atoms with Gasteiger partial charge >= 0.3 is 0 Å². The average molecular weight is 266 g/mol. The first-order valence-corrected chi connectivity index (χ1v) is 8.52. The van der Waals surface area contributed by atoms with Crippen molar-refractivity contribution < 1.29 is 18.6 Å². The first-order chi connectivity index (χ1) is 7.43. The molecule has 0 aliphatic carbocycles. The number of sulfone groups is 1. The van der Waals surface area contributed by atoms with Gasteiger partial charge in [0.25, 0.3) is 0 Å². The highest BCUT2D eigenvalue weighted by Crippen LogP contribution is 2.47. The molecule has 0 spiro atoms. The Morgan fingerprint density at radius 2 is 2.06 bits per heavy atom. The van der Waals surface area contributed by atoms with Crippen LogP contribution in [0.4, 0.5) is 0 Å². The summed E-state index contributed by atoms with van der Waals surface area (Å²) in [5.41, 5.74) is -1.83. The van der Waals surface area contributed by atoms with Gasteiger partial charge in [-0.2, -0.15) is 11.8 Å². The SMILES string of the molecule is O=S1(=O)CCCC(CO)(C2(O)CCSC2)C1. The zero-order chi connectivity index (χ0) is 11.9. The molecule has 0 aromatic heterocycles. The van der Waals surface area contributed by atoms with Gasteiger partial charge in [-0.25, -0.2) is 8.42 Å². The van der Waals surface area contributed by atoms with Crippen molar-refractivity contribution >= 4 is 21.6 Å². The van der Waals surface area contributed by atoms with Crippen LogP contribution in [-0.2, 0) is 9.84 Å². The molecular weight excluding hydrogens is 248 g/mol. The lowest BCUT2D eigenvalue weighted by atomic mass is 9.70. The molecule has 2 atom stereocenters. The van der Waals surface area contributed by atoms with E-state index in [2.05, 4.69) is 0 Å². The lowest BCUT2D eigenvalue weighted by Crippen LogP contribution is -2.56. The van der Waals surface area contributed by atoms with Crippen molar-refractivity contribution in [2.24, 2.45) is 5.41 Å². The first kappa shape index (κ1) is 12.7. The molecule has 0 aromatic carbocycles. The van der Waals surface area contributed by atoms with Crippen LogP contribution in [0.25, 0.3) is 0 Å². The largest absolute Gasteiger partial charge is 0.396 e. The van der Waals surface area contributed by atoms with Crippen LogP contribution in [0.15, 0.2) is 0 Å². The summed E-state index contributed by atoms with van der Waals surface area (Å²) in [7, 11) is -3.11. The molecule has 2 saturated heterocycles. The fourth-order valence-corrected chi connectivity index (χ4v) is 6.30. The highest BCUT2D eigenvalue weighted by Gasteiger charge is 2.54. The fourth-order valence-electron chi connectivity index (χ4n) is 2.81. The van der Waals surface area contributed by atoms with Gasteiger partial charge in [-0.05, 0) is 25.0 Å². The Morgan fingerprint density at radius 3 is 2.56 bits per heavy atom. The molecule has 94 valence electrons. The third kappa shape index (κ3) is 2.00. The summed E-state index contributed by atoms with van der Waals surface area (Å²) in [4.78, 5) is 0. The number of rotatable bonds is 2. The van der Waals surface area contributed by atoms with Crippen molar-refractivity contribution in [1.82, 2.24) is 0 Å². The van der Waals surface area contributed by atoms with Crippen molar-refractivity contribution in [3.05, 3.63) is 0 Å². The molecule has 0 saturated carbocycles. The molecule has 2 aliphatic heterocycles. The molecular formula is C10H18O4S2. The van der Waals surface area contributed by atoms with E-state index in [1.807, 2.05) is 0 Å². The lowest BCUT2D eigenvalue weighted by molar-refractivity contribution is -0.0853. The average Bonchev–Trinajstić information content (AvgIpc) is 2.65. The summed E-state index contributed by atoms with van der Waals surface area (Å²) in [6.45, 7) is -0.233. The molecule has 0 aromatic rings. The van der Waals surface area contributed by atoms with E-state index in [9.17, 15) is 18.6 Å². The van der Waals surface area contributed by atoms with Crippen molar-refractivity contribution in [3.63, 3.8) is 0 Å². The Bertz CT molecular complexity index is 359. The molecule has 2 N–H and O–H groups in total. The Labute approximate surface area is 100 Å². The monoisotopic (exact) mass is 266 g/mol. The van der Waals surface area contributed by atoms with Crippen molar-refractivity contribution in [2.75, 3.05) is 29.6 Å². The van der Waals surface area contributed by atoms with Crippen molar-refractivity contribution in [3.8, 4) is 0 Å². The Morgan fingerprint density at radius 1 is 1.31 bits per heavy atom. The minimum Gasteiger partial charge on any atom is -0.396 e. The number of hydrogen-bond acceptors (Lipinski definition) is 5. The minimum absolute atomic E-state index is 0.0619. The van der Waals surface area contributed by atoms with Crippen LogP contribution in [0, 0.1) is 5.41 Å². The van der Waals surface area contributed by atoms with E-state index in [0.29, 0.717) is 25.0 Å². The smallest absolute Gasteiger partial charge is 0.151 e. The minimum atomic E-state index is -3.11. The van der Waals surface area contributed by atoms with E-state index in [1.54, 1.807) is 11.8 Å². The van der Waals surface area contributed by atoms with Gasteiger partial charge in [0.1, 0.15) is 0 Å². The molecule has 2 unspecified atom stereocenters. The predicted molar refractivity (Wildman–Crippen MR) is 64.3 cm³/mol. The first-order valence-electron chi connectivity index (χ1n) is 5.55. The van der Waals surface area contributed by atoms with Crippen LogP contribution >= 0.6 is 11.8 Å². The van der Waals surface area contributed by atoms with Gasteiger partial charge in [0.2, 0.25) is 0 Å². The van der Waals surface area contributed by atoms with Gasteiger partial charge < -0.3 is 10.2 Å². The van der Waals surface area contributed by atoms with Crippen LogP contribution in [0.1, 0.15) is 19.3 Å². The maximum atomic E-state index is 11.7. The normalized spacial score (nSPS) is 43.4. The van der Waals surface area contributed by atoms with Crippen LogP contribution in [0.2, 0.25) is 0 Å². The number of thioether (sulfide) groups is 1. The standard InChI is InChI=1S/C10H18O4S2/c11-6-9(10(12)3-4-15-7-10)2-1-5-16(13,14)8-9/h11-12H,1-8H2. The summed E-state index contributed by atoms with van der Waals surface area (Å²) in [5.74, 6) is 1.52. The summed E-state index contributed by atoms with van der Waals surface area (Å²) in [6.07, 6.45) is 1.75. The zero-order valence-corrected chi connectivity index (χ0v) is 10.8. The molecule has 4 nitrogen and oxygen atoms in total. The Kier molecular flexibility index (Phi) is 3.29. The molecule has 2 fully saturated rings. The number of aliphatic hydroxyl groups is 2. The van der Waals surface area contributed by atoms with Crippen molar-refractivity contribution in [2.45, 2.75) is 24.9 Å². The molecule has 0 amide bonds.